The van der Waals surface area contributed by atoms with Crippen molar-refractivity contribution >= 4 is 0 Å². The van der Waals surface area contributed by atoms with Crippen LogP contribution in [0.1, 0.15) is 52.1 Å². The van der Waals surface area contributed by atoms with Crippen LogP contribution in [0.2, 0.25) is 0 Å². The molecule has 0 aliphatic rings. The Morgan fingerprint density at radius 1 is 1.05 bits per heavy atom. The maximum Gasteiger partial charge on any atom is 0.0449 e. The maximum atomic E-state index is 3.70. The highest BCUT2D eigenvalue weighted by molar-refractivity contribution is 5.19. The highest BCUT2D eigenvalue weighted by Crippen LogP contribution is 2.15. The van der Waals surface area contributed by atoms with Gasteiger partial charge in [-0.2, -0.15) is 0 Å². The van der Waals surface area contributed by atoms with Gasteiger partial charge >= 0.3 is 0 Å². The van der Waals surface area contributed by atoms with Crippen LogP contribution in [0.15, 0.2) is 30.3 Å². The monoisotopic (exact) mass is 276 g/mol. The standard InChI is InChI=1S/C18H32N2/c1-5-13-19-18(17-11-9-8-10-12-17)15-20(7-3)14-16(4)6-2/h8-12,16,18-19H,5-7,13-15H2,1-4H3. The van der Waals surface area contributed by atoms with Gasteiger partial charge in [-0.3, -0.25) is 0 Å². The quantitative estimate of drug-likeness (QED) is 0.692. The molecule has 0 aromatic heterocycles. The number of benzene rings is 1. The van der Waals surface area contributed by atoms with Crippen molar-refractivity contribution in [3.8, 4) is 0 Å². The summed E-state index contributed by atoms with van der Waals surface area (Å²) >= 11 is 0. The molecule has 20 heavy (non-hydrogen) atoms. The lowest BCUT2D eigenvalue weighted by molar-refractivity contribution is 0.220. The first kappa shape index (κ1) is 17.2. The highest BCUT2D eigenvalue weighted by Gasteiger charge is 2.15. The number of rotatable bonds is 10. The highest BCUT2D eigenvalue weighted by atomic mass is 15.1. The summed E-state index contributed by atoms with van der Waals surface area (Å²) in [5, 5.41) is 3.70. The molecule has 0 amide bonds. The van der Waals surface area contributed by atoms with Crippen LogP contribution in [0.3, 0.4) is 0 Å². The number of nitrogens with zero attached hydrogens (tertiary/aromatic N) is 1. The zero-order valence-electron chi connectivity index (χ0n) is 13.7. The average molecular weight is 276 g/mol. The van der Waals surface area contributed by atoms with Gasteiger partial charge in [-0.25, -0.2) is 0 Å². The van der Waals surface area contributed by atoms with Gasteiger partial charge in [0, 0.05) is 19.1 Å². The summed E-state index contributed by atoms with van der Waals surface area (Å²) < 4.78 is 0. The van der Waals surface area contributed by atoms with Gasteiger partial charge in [0.15, 0.2) is 0 Å². The van der Waals surface area contributed by atoms with E-state index in [0.717, 1.165) is 25.6 Å². The van der Waals surface area contributed by atoms with Gasteiger partial charge in [0.25, 0.3) is 0 Å². The van der Waals surface area contributed by atoms with Gasteiger partial charge in [-0.1, -0.05) is 64.4 Å². The minimum atomic E-state index is 0.445. The van der Waals surface area contributed by atoms with E-state index in [1.807, 2.05) is 0 Å². The Balaban J connectivity index is 2.67. The second-order valence-corrected chi connectivity index (χ2v) is 5.78. The summed E-state index contributed by atoms with van der Waals surface area (Å²) in [6.45, 7) is 13.6. The molecule has 0 saturated carbocycles. The van der Waals surface area contributed by atoms with E-state index in [2.05, 4.69) is 68.2 Å². The van der Waals surface area contributed by atoms with Crippen molar-refractivity contribution in [1.82, 2.24) is 10.2 Å². The van der Waals surface area contributed by atoms with E-state index >= 15 is 0 Å². The van der Waals surface area contributed by atoms with Crippen LogP contribution in [0.25, 0.3) is 0 Å². The molecule has 2 unspecified atom stereocenters. The van der Waals surface area contributed by atoms with Crippen molar-refractivity contribution in [3.05, 3.63) is 35.9 Å². The fourth-order valence-corrected chi connectivity index (χ4v) is 2.45. The molecule has 2 heteroatoms. The molecule has 2 nitrogen and oxygen atoms in total. The third-order valence-corrected chi connectivity index (χ3v) is 4.00. The first-order valence-corrected chi connectivity index (χ1v) is 8.21. The van der Waals surface area contributed by atoms with Crippen LogP contribution < -0.4 is 5.32 Å². The van der Waals surface area contributed by atoms with E-state index in [4.69, 9.17) is 0 Å². The van der Waals surface area contributed by atoms with Gasteiger partial charge in [0.2, 0.25) is 0 Å². The second kappa shape index (κ2) is 9.95. The molecular weight excluding hydrogens is 244 g/mol. The van der Waals surface area contributed by atoms with Crippen LogP contribution in [-0.4, -0.2) is 31.1 Å². The van der Waals surface area contributed by atoms with Crippen molar-refractivity contribution in [2.75, 3.05) is 26.2 Å². The Morgan fingerprint density at radius 2 is 1.75 bits per heavy atom. The lowest BCUT2D eigenvalue weighted by Gasteiger charge is -2.29. The summed E-state index contributed by atoms with van der Waals surface area (Å²) in [6.07, 6.45) is 2.44. The van der Waals surface area contributed by atoms with E-state index in [1.165, 1.54) is 24.9 Å². The van der Waals surface area contributed by atoms with E-state index < -0.39 is 0 Å². The summed E-state index contributed by atoms with van der Waals surface area (Å²) in [5.41, 5.74) is 1.41. The van der Waals surface area contributed by atoms with Crippen molar-refractivity contribution in [3.63, 3.8) is 0 Å². The molecule has 0 saturated heterocycles. The number of hydrogen-bond donors (Lipinski definition) is 1. The van der Waals surface area contributed by atoms with Gasteiger partial charge < -0.3 is 10.2 Å². The van der Waals surface area contributed by atoms with Gasteiger partial charge in [-0.15, -0.1) is 0 Å². The van der Waals surface area contributed by atoms with E-state index in [-0.39, 0.29) is 0 Å². The van der Waals surface area contributed by atoms with Crippen LogP contribution in [0.5, 0.6) is 0 Å². The molecule has 0 aliphatic carbocycles. The zero-order chi connectivity index (χ0) is 14.8. The lowest BCUT2D eigenvalue weighted by Crippen LogP contribution is -2.37. The predicted octanol–water partition coefficient (Wildman–Crippen LogP) is 4.10. The van der Waals surface area contributed by atoms with Crippen molar-refractivity contribution in [1.29, 1.82) is 0 Å². The molecule has 0 bridgehead atoms. The van der Waals surface area contributed by atoms with Crippen LogP contribution in [0, 0.1) is 5.92 Å². The Morgan fingerprint density at radius 3 is 2.30 bits per heavy atom. The summed E-state index contributed by atoms with van der Waals surface area (Å²) in [7, 11) is 0. The Labute approximate surface area is 125 Å². The summed E-state index contributed by atoms with van der Waals surface area (Å²) in [5.74, 6) is 0.776. The summed E-state index contributed by atoms with van der Waals surface area (Å²) in [6, 6.07) is 11.3. The van der Waals surface area contributed by atoms with Crippen LogP contribution >= 0.6 is 0 Å². The van der Waals surface area contributed by atoms with Gasteiger partial charge in [0.05, 0.1) is 0 Å². The third-order valence-electron chi connectivity index (χ3n) is 4.00. The number of likely N-dealkylation sites (N-methyl/N-ethyl adjacent to an activating group) is 1. The molecule has 0 fully saturated rings. The number of hydrogen-bond acceptors (Lipinski definition) is 2. The minimum Gasteiger partial charge on any atom is -0.309 e. The fraction of sp³-hybridized carbons (Fsp3) is 0.667. The Hall–Kier alpha value is -0.860. The molecule has 0 radical (unpaired) electrons. The minimum absolute atomic E-state index is 0.445. The molecule has 2 atom stereocenters. The largest absolute Gasteiger partial charge is 0.309 e. The predicted molar refractivity (Wildman–Crippen MR) is 89.0 cm³/mol. The molecule has 1 aromatic rings. The van der Waals surface area contributed by atoms with Crippen LogP contribution in [0.4, 0.5) is 0 Å². The smallest absolute Gasteiger partial charge is 0.0449 e. The molecule has 0 heterocycles. The molecule has 0 aliphatic heterocycles. The molecule has 114 valence electrons. The third kappa shape index (κ3) is 6.06. The Bertz CT molecular complexity index is 337. The van der Waals surface area contributed by atoms with E-state index in [1.54, 1.807) is 0 Å². The molecule has 1 N–H and O–H groups in total. The van der Waals surface area contributed by atoms with E-state index in [0.29, 0.717) is 6.04 Å². The van der Waals surface area contributed by atoms with Gasteiger partial charge in [-0.05, 0) is 31.0 Å². The van der Waals surface area contributed by atoms with Gasteiger partial charge in [0.1, 0.15) is 0 Å². The molecular formula is C18H32N2. The van der Waals surface area contributed by atoms with Crippen LogP contribution in [-0.2, 0) is 0 Å². The van der Waals surface area contributed by atoms with Crippen molar-refractivity contribution in [2.24, 2.45) is 5.92 Å². The van der Waals surface area contributed by atoms with Crippen molar-refractivity contribution < 1.29 is 0 Å². The SMILES string of the molecule is CCCNC(CN(CC)CC(C)CC)c1ccccc1. The topological polar surface area (TPSA) is 15.3 Å². The fourth-order valence-electron chi connectivity index (χ4n) is 2.45. The molecule has 1 aromatic carbocycles. The first-order chi connectivity index (χ1) is 9.71. The summed E-state index contributed by atoms with van der Waals surface area (Å²) in [4.78, 5) is 2.58. The van der Waals surface area contributed by atoms with E-state index in [9.17, 15) is 0 Å². The number of nitrogens with one attached hydrogen (secondary N) is 1. The Kier molecular flexibility index (Phi) is 8.56. The normalized spacial score (nSPS) is 14.4. The van der Waals surface area contributed by atoms with Crippen molar-refractivity contribution in [2.45, 2.75) is 46.6 Å². The average Bonchev–Trinajstić information content (AvgIpc) is 2.50. The zero-order valence-corrected chi connectivity index (χ0v) is 13.7. The molecule has 0 spiro atoms. The second-order valence-electron chi connectivity index (χ2n) is 5.78. The first-order valence-electron chi connectivity index (χ1n) is 8.21. The molecule has 1 rings (SSSR count). The lowest BCUT2D eigenvalue weighted by atomic mass is 10.0. The maximum absolute atomic E-state index is 3.70.